The van der Waals surface area contributed by atoms with Crippen LogP contribution in [0.15, 0.2) is 71.3 Å². The number of ether oxygens (including phenoxy) is 1. The van der Waals surface area contributed by atoms with E-state index in [2.05, 4.69) is 20.6 Å². The molecular weight excluding hydrogens is 358 g/mol. The van der Waals surface area contributed by atoms with Crippen LogP contribution >= 0.6 is 0 Å². The molecule has 8 heteroatoms. The van der Waals surface area contributed by atoms with Gasteiger partial charge >= 0.3 is 0 Å². The van der Waals surface area contributed by atoms with Crippen LogP contribution in [0.4, 0.5) is 5.69 Å². The van der Waals surface area contributed by atoms with E-state index in [1.54, 1.807) is 43.6 Å². The lowest BCUT2D eigenvalue weighted by Gasteiger charge is -2.07. The Morgan fingerprint density at radius 2 is 1.86 bits per heavy atom. The maximum Gasteiger partial charge on any atom is 0.273 e. The SMILES string of the molecule is Cn1nccc1C(=O)Nc1ccc(OCc2nnc(-c3ccccc3)o2)cc1. The largest absolute Gasteiger partial charge is 0.484 e. The van der Waals surface area contributed by atoms with Gasteiger partial charge in [-0.1, -0.05) is 18.2 Å². The summed E-state index contributed by atoms with van der Waals surface area (Å²) in [5.74, 6) is 1.23. The summed E-state index contributed by atoms with van der Waals surface area (Å²) in [5.41, 5.74) is 1.99. The molecule has 4 aromatic rings. The van der Waals surface area contributed by atoms with Gasteiger partial charge in [-0.15, -0.1) is 10.2 Å². The molecule has 0 radical (unpaired) electrons. The van der Waals surface area contributed by atoms with Gasteiger partial charge in [-0.25, -0.2) is 0 Å². The molecular formula is C20H17N5O3. The lowest BCUT2D eigenvalue weighted by Crippen LogP contribution is -2.15. The van der Waals surface area contributed by atoms with E-state index in [0.29, 0.717) is 28.9 Å². The van der Waals surface area contributed by atoms with Crippen LogP contribution in [0.1, 0.15) is 16.4 Å². The Bertz CT molecular complexity index is 1070. The molecule has 2 heterocycles. The summed E-state index contributed by atoms with van der Waals surface area (Å²) >= 11 is 0. The van der Waals surface area contributed by atoms with E-state index in [1.807, 2.05) is 30.3 Å². The summed E-state index contributed by atoms with van der Waals surface area (Å²) in [6, 6.07) is 18.2. The van der Waals surface area contributed by atoms with Crippen LogP contribution in [0.5, 0.6) is 5.75 Å². The number of amides is 1. The van der Waals surface area contributed by atoms with E-state index in [1.165, 1.54) is 4.68 Å². The summed E-state index contributed by atoms with van der Waals surface area (Å²) < 4.78 is 12.8. The molecule has 0 atom stereocenters. The van der Waals surface area contributed by atoms with Crippen molar-refractivity contribution in [1.29, 1.82) is 0 Å². The van der Waals surface area contributed by atoms with Crippen molar-refractivity contribution < 1.29 is 13.9 Å². The number of aryl methyl sites for hydroxylation is 1. The van der Waals surface area contributed by atoms with E-state index >= 15 is 0 Å². The Labute approximate surface area is 160 Å². The van der Waals surface area contributed by atoms with Gasteiger partial charge in [-0.3, -0.25) is 9.48 Å². The number of nitrogens with zero attached hydrogens (tertiary/aromatic N) is 4. The molecule has 0 aliphatic carbocycles. The van der Waals surface area contributed by atoms with E-state index in [4.69, 9.17) is 9.15 Å². The highest BCUT2D eigenvalue weighted by Crippen LogP contribution is 2.20. The quantitative estimate of drug-likeness (QED) is 0.556. The molecule has 0 saturated carbocycles. The molecule has 28 heavy (non-hydrogen) atoms. The van der Waals surface area contributed by atoms with Crippen molar-refractivity contribution in [2.45, 2.75) is 6.61 Å². The average Bonchev–Trinajstić information content (AvgIpc) is 3.37. The van der Waals surface area contributed by atoms with Crippen molar-refractivity contribution in [3.8, 4) is 17.2 Å². The molecule has 4 rings (SSSR count). The summed E-state index contributed by atoms with van der Waals surface area (Å²) in [6.45, 7) is 0.153. The molecule has 140 valence electrons. The standard InChI is InChI=1S/C20H17N5O3/c1-25-17(11-12-21-25)19(26)22-15-7-9-16(10-8-15)27-13-18-23-24-20(28-18)14-5-3-2-4-6-14/h2-12H,13H2,1H3,(H,22,26). The van der Waals surface area contributed by atoms with Crippen LogP contribution in [0.25, 0.3) is 11.5 Å². The smallest absolute Gasteiger partial charge is 0.273 e. The van der Waals surface area contributed by atoms with Crippen LogP contribution in [-0.4, -0.2) is 25.9 Å². The summed E-state index contributed by atoms with van der Waals surface area (Å²) in [4.78, 5) is 12.2. The minimum absolute atomic E-state index is 0.153. The van der Waals surface area contributed by atoms with Crippen molar-refractivity contribution in [1.82, 2.24) is 20.0 Å². The third-order valence-electron chi connectivity index (χ3n) is 4.02. The number of anilines is 1. The number of benzene rings is 2. The Kier molecular flexibility index (Phi) is 4.83. The second kappa shape index (κ2) is 7.75. The summed E-state index contributed by atoms with van der Waals surface area (Å²) in [5, 5.41) is 14.8. The van der Waals surface area contributed by atoms with Gasteiger partial charge in [-0.2, -0.15) is 5.10 Å². The Hall–Kier alpha value is -3.94. The molecule has 0 fully saturated rings. The molecule has 0 aliphatic rings. The lowest BCUT2D eigenvalue weighted by atomic mass is 10.2. The Balaban J connectivity index is 1.34. The van der Waals surface area contributed by atoms with Gasteiger partial charge in [0.2, 0.25) is 5.89 Å². The van der Waals surface area contributed by atoms with Crippen LogP contribution in [0.2, 0.25) is 0 Å². The zero-order valence-electron chi connectivity index (χ0n) is 15.1. The molecule has 2 aromatic carbocycles. The lowest BCUT2D eigenvalue weighted by molar-refractivity contribution is 0.101. The first-order valence-corrected chi connectivity index (χ1v) is 8.59. The maximum absolute atomic E-state index is 12.2. The van der Waals surface area contributed by atoms with Crippen LogP contribution in [0, 0.1) is 0 Å². The van der Waals surface area contributed by atoms with Gasteiger partial charge in [0, 0.05) is 24.5 Å². The average molecular weight is 375 g/mol. The van der Waals surface area contributed by atoms with Crippen LogP contribution in [-0.2, 0) is 13.7 Å². The highest BCUT2D eigenvalue weighted by Gasteiger charge is 2.11. The van der Waals surface area contributed by atoms with Crippen molar-refractivity contribution >= 4 is 11.6 Å². The van der Waals surface area contributed by atoms with Gasteiger partial charge in [0.15, 0.2) is 6.61 Å². The van der Waals surface area contributed by atoms with Gasteiger partial charge in [0.05, 0.1) is 0 Å². The van der Waals surface area contributed by atoms with Gasteiger partial charge in [0.1, 0.15) is 11.4 Å². The van der Waals surface area contributed by atoms with E-state index < -0.39 is 0 Å². The number of rotatable bonds is 6. The molecule has 0 aliphatic heterocycles. The third kappa shape index (κ3) is 3.90. The van der Waals surface area contributed by atoms with Gasteiger partial charge < -0.3 is 14.5 Å². The van der Waals surface area contributed by atoms with Crippen molar-refractivity contribution in [3.05, 3.63) is 78.4 Å². The molecule has 0 unspecified atom stereocenters. The fourth-order valence-electron chi connectivity index (χ4n) is 2.58. The number of carbonyl (C=O) groups excluding carboxylic acids is 1. The molecule has 0 bridgehead atoms. The Morgan fingerprint density at radius 3 is 2.57 bits per heavy atom. The summed E-state index contributed by atoms with van der Waals surface area (Å²) in [6.07, 6.45) is 1.58. The molecule has 1 amide bonds. The molecule has 0 spiro atoms. The van der Waals surface area contributed by atoms with Gasteiger partial charge in [0.25, 0.3) is 11.8 Å². The fraction of sp³-hybridized carbons (Fsp3) is 0.100. The van der Waals surface area contributed by atoms with E-state index in [0.717, 1.165) is 5.56 Å². The first kappa shape index (κ1) is 17.5. The monoisotopic (exact) mass is 375 g/mol. The number of aromatic nitrogens is 4. The minimum Gasteiger partial charge on any atom is -0.484 e. The molecule has 8 nitrogen and oxygen atoms in total. The highest BCUT2D eigenvalue weighted by molar-refractivity contribution is 6.03. The molecule has 2 aromatic heterocycles. The van der Waals surface area contributed by atoms with Crippen LogP contribution in [0.3, 0.4) is 0 Å². The zero-order chi connectivity index (χ0) is 19.3. The predicted molar refractivity (Wildman–Crippen MR) is 102 cm³/mol. The maximum atomic E-state index is 12.2. The minimum atomic E-state index is -0.229. The normalized spacial score (nSPS) is 10.6. The number of hydrogen-bond donors (Lipinski definition) is 1. The first-order valence-electron chi connectivity index (χ1n) is 8.59. The topological polar surface area (TPSA) is 95.1 Å². The van der Waals surface area contributed by atoms with E-state index in [9.17, 15) is 4.79 Å². The first-order chi connectivity index (χ1) is 13.7. The van der Waals surface area contributed by atoms with Crippen molar-refractivity contribution in [2.24, 2.45) is 7.05 Å². The van der Waals surface area contributed by atoms with Crippen molar-refractivity contribution in [3.63, 3.8) is 0 Å². The zero-order valence-corrected chi connectivity index (χ0v) is 15.1. The number of carbonyl (C=O) groups is 1. The molecule has 0 saturated heterocycles. The van der Waals surface area contributed by atoms with Crippen LogP contribution < -0.4 is 10.1 Å². The van der Waals surface area contributed by atoms with Gasteiger partial charge in [-0.05, 0) is 42.5 Å². The number of nitrogens with one attached hydrogen (secondary N) is 1. The number of hydrogen-bond acceptors (Lipinski definition) is 6. The predicted octanol–water partition coefficient (Wildman–Crippen LogP) is 3.30. The summed E-state index contributed by atoms with van der Waals surface area (Å²) in [7, 11) is 1.71. The fourth-order valence-corrected chi connectivity index (χ4v) is 2.58. The second-order valence-electron chi connectivity index (χ2n) is 5.97. The Morgan fingerprint density at radius 1 is 1.07 bits per heavy atom. The highest BCUT2D eigenvalue weighted by atomic mass is 16.5. The molecule has 1 N–H and O–H groups in total. The second-order valence-corrected chi connectivity index (χ2v) is 5.97. The van der Waals surface area contributed by atoms with Crippen molar-refractivity contribution in [2.75, 3.05) is 5.32 Å². The third-order valence-corrected chi connectivity index (χ3v) is 4.02. The van der Waals surface area contributed by atoms with E-state index in [-0.39, 0.29) is 12.5 Å².